The third kappa shape index (κ3) is 4.96. The number of piperazine rings is 1. The molecule has 3 rings (SSSR count). The molecular formula is C16H16F5N3S. The van der Waals surface area contributed by atoms with E-state index in [2.05, 4.69) is 9.88 Å². The molecule has 0 unspecified atom stereocenters. The van der Waals surface area contributed by atoms with Crippen molar-refractivity contribution in [2.24, 2.45) is 0 Å². The van der Waals surface area contributed by atoms with Crippen LogP contribution in [0, 0.1) is 11.6 Å². The molecule has 1 aromatic carbocycles. The predicted molar refractivity (Wildman–Crippen MR) is 84.0 cm³/mol. The summed E-state index contributed by atoms with van der Waals surface area (Å²) in [6, 6.07) is 3.46. The molecule has 0 saturated carbocycles. The normalized spacial score (nSPS) is 17.2. The summed E-state index contributed by atoms with van der Waals surface area (Å²) >= 11 is 1.01. The Labute approximate surface area is 145 Å². The van der Waals surface area contributed by atoms with Crippen molar-refractivity contribution in [2.75, 3.05) is 26.2 Å². The Balaban J connectivity index is 1.51. The van der Waals surface area contributed by atoms with Gasteiger partial charge in [-0.05, 0) is 17.7 Å². The highest BCUT2D eigenvalue weighted by atomic mass is 32.1. The molecule has 2 aromatic rings. The van der Waals surface area contributed by atoms with Crippen LogP contribution >= 0.6 is 11.3 Å². The average Bonchev–Trinajstić information content (AvgIpc) is 2.97. The summed E-state index contributed by atoms with van der Waals surface area (Å²) in [5.74, 6) is -1.20. The van der Waals surface area contributed by atoms with E-state index >= 15 is 0 Å². The number of rotatable bonds is 4. The van der Waals surface area contributed by atoms with Crippen molar-refractivity contribution in [2.45, 2.75) is 19.3 Å². The molecule has 1 aliphatic rings. The summed E-state index contributed by atoms with van der Waals surface area (Å²) in [7, 11) is 0. The van der Waals surface area contributed by atoms with E-state index < -0.39 is 23.5 Å². The highest BCUT2D eigenvalue weighted by molar-refractivity contribution is 7.09. The summed E-state index contributed by atoms with van der Waals surface area (Å²) in [5.41, 5.74) is -0.278. The number of alkyl halides is 3. The molecule has 3 nitrogen and oxygen atoms in total. The van der Waals surface area contributed by atoms with Gasteiger partial charge in [0.1, 0.15) is 16.6 Å². The van der Waals surface area contributed by atoms with E-state index in [0.717, 1.165) is 22.8 Å². The Kier molecular flexibility index (Phi) is 5.35. The van der Waals surface area contributed by atoms with Gasteiger partial charge in [-0.25, -0.2) is 13.8 Å². The predicted octanol–water partition coefficient (Wildman–Crippen LogP) is 3.76. The summed E-state index contributed by atoms with van der Waals surface area (Å²) in [6.07, 6.45) is -4.41. The lowest BCUT2D eigenvalue weighted by Gasteiger charge is -2.34. The van der Waals surface area contributed by atoms with Gasteiger partial charge in [0, 0.05) is 44.2 Å². The van der Waals surface area contributed by atoms with Gasteiger partial charge in [-0.3, -0.25) is 9.80 Å². The second-order valence-electron chi connectivity index (χ2n) is 5.95. The molecule has 2 heterocycles. The molecule has 0 spiro atoms. The number of hydrogen-bond acceptors (Lipinski definition) is 4. The van der Waals surface area contributed by atoms with Crippen molar-refractivity contribution in [3.05, 3.63) is 51.5 Å². The fourth-order valence-corrected chi connectivity index (χ4v) is 3.61. The molecule has 136 valence electrons. The quantitative estimate of drug-likeness (QED) is 0.757. The van der Waals surface area contributed by atoms with Crippen LogP contribution in [0.5, 0.6) is 0 Å². The van der Waals surface area contributed by atoms with Gasteiger partial charge >= 0.3 is 6.18 Å². The molecule has 0 N–H and O–H groups in total. The minimum absolute atomic E-state index is 0.378. The summed E-state index contributed by atoms with van der Waals surface area (Å²) in [4.78, 5) is 7.73. The van der Waals surface area contributed by atoms with Crippen molar-refractivity contribution in [1.29, 1.82) is 0 Å². The number of benzene rings is 1. The first-order valence-corrected chi connectivity index (χ1v) is 8.59. The molecule has 0 atom stereocenters. The van der Waals surface area contributed by atoms with Crippen LogP contribution in [-0.2, 0) is 19.3 Å². The number of halogens is 5. The van der Waals surface area contributed by atoms with Gasteiger partial charge < -0.3 is 0 Å². The molecule has 1 saturated heterocycles. The van der Waals surface area contributed by atoms with Gasteiger partial charge in [-0.2, -0.15) is 13.2 Å². The van der Waals surface area contributed by atoms with Crippen molar-refractivity contribution < 1.29 is 22.0 Å². The zero-order valence-corrected chi connectivity index (χ0v) is 14.0. The molecule has 1 aliphatic heterocycles. The highest BCUT2D eigenvalue weighted by Crippen LogP contribution is 2.30. The van der Waals surface area contributed by atoms with Crippen molar-refractivity contribution in [3.8, 4) is 0 Å². The fraction of sp³-hybridized carbons (Fsp3) is 0.438. The average molecular weight is 377 g/mol. The summed E-state index contributed by atoms with van der Waals surface area (Å²) < 4.78 is 64.1. The zero-order valence-electron chi connectivity index (χ0n) is 13.2. The minimum atomic E-state index is -4.41. The van der Waals surface area contributed by atoms with Crippen LogP contribution in [0.4, 0.5) is 22.0 Å². The lowest BCUT2D eigenvalue weighted by atomic mass is 10.2. The summed E-state index contributed by atoms with van der Waals surface area (Å²) in [6.45, 7) is 3.50. The smallest absolute Gasteiger partial charge is 0.297 e. The standard InChI is InChI=1S/C16H16F5N3S/c17-12-5-11(6-13(18)7-12)8-23-1-3-24(4-2-23)9-15-22-14(10-25-15)16(19,20)21/h5-7,10H,1-4,8-9H2. The Morgan fingerprint density at radius 3 is 2.00 bits per heavy atom. The number of nitrogens with zero attached hydrogens (tertiary/aromatic N) is 3. The Bertz CT molecular complexity index is 703. The van der Waals surface area contributed by atoms with Crippen LogP contribution in [-0.4, -0.2) is 41.0 Å². The minimum Gasteiger partial charge on any atom is -0.297 e. The largest absolute Gasteiger partial charge is 0.434 e. The molecule has 1 aromatic heterocycles. The van der Waals surface area contributed by atoms with E-state index in [-0.39, 0.29) is 0 Å². The van der Waals surface area contributed by atoms with Crippen LogP contribution in [0.2, 0.25) is 0 Å². The lowest BCUT2D eigenvalue weighted by molar-refractivity contribution is -0.140. The highest BCUT2D eigenvalue weighted by Gasteiger charge is 2.33. The van der Waals surface area contributed by atoms with Crippen molar-refractivity contribution in [1.82, 2.24) is 14.8 Å². The maximum atomic E-state index is 13.2. The van der Waals surface area contributed by atoms with Crippen molar-refractivity contribution >= 4 is 11.3 Å². The summed E-state index contributed by atoms with van der Waals surface area (Å²) in [5, 5.41) is 1.47. The van der Waals surface area contributed by atoms with Gasteiger partial charge in [-0.15, -0.1) is 11.3 Å². The molecule has 0 radical (unpaired) electrons. The second-order valence-corrected chi connectivity index (χ2v) is 6.90. The lowest BCUT2D eigenvalue weighted by Crippen LogP contribution is -2.45. The number of aromatic nitrogens is 1. The molecule has 0 bridgehead atoms. The van der Waals surface area contributed by atoms with E-state index in [1.54, 1.807) is 0 Å². The molecular weight excluding hydrogens is 361 g/mol. The van der Waals surface area contributed by atoms with Crippen LogP contribution in [0.25, 0.3) is 0 Å². The molecule has 0 amide bonds. The maximum absolute atomic E-state index is 13.2. The second kappa shape index (κ2) is 7.35. The topological polar surface area (TPSA) is 19.4 Å². The van der Waals surface area contributed by atoms with Crippen LogP contribution in [0.15, 0.2) is 23.6 Å². The van der Waals surface area contributed by atoms with Gasteiger partial charge in [0.15, 0.2) is 5.69 Å². The van der Waals surface area contributed by atoms with Crippen LogP contribution in [0.1, 0.15) is 16.3 Å². The molecule has 25 heavy (non-hydrogen) atoms. The number of thiazole rings is 1. The maximum Gasteiger partial charge on any atom is 0.434 e. The van der Waals surface area contributed by atoms with E-state index in [9.17, 15) is 22.0 Å². The van der Waals surface area contributed by atoms with E-state index in [1.165, 1.54) is 12.1 Å². The van der Waals surface area contributed by atoms with Gasteiger partial charge in [0.2, 0.25) is 0 Å². The Morgan fingerprint density at radius 2 is 1.48 bits per heavy atom. The molecule has 0 aliphatic carbocycles. The zero-order chi connectivity index (χ0) is 18.0. The SMILES string of the molecule is Fc1cc(F)cc(CN2CCN(Cc3nc(C(F)(F)F)cs3)CC2)c1. The number of hydrogen-bond donors (Lipinski definition) is 0. The van der Waals surface area contributed by atoms with Crippen molar-refractivity contribution in [3.63, 3.8) is 0 Å². The fourth-order valence-electron chi connectivity index (χ4n) is 2.77. The first-order valence-electron chi connectivity index (χ1n) is 7.71. The molecule has 9 heteroatoms. The first-order chi connectivity index (χ1) is 11.8. The first kappa shape index (κ1) is 18.2. The van der Waals surface area contributed by atoms with Crippen LogP contribution in [0.3, 0.4) is 0 Å². The molecule has 1 fully saturated rings. The third-order valence-electron chi connectivity index (χ3n) is 3.99. The van der Waals surface area contributed by atoms with E-state index in [1.807, 2.05) is 4.90 Å². The Hall–Kier alpha value is -1.58. The van der Waals surface area contributed by atoms with Gasteiger partial charge in [0.05, 0.1) is 6.54 Å². The Morgan fingerprint density at radius 1 is 0.920 bits per heavy atom. The third-order valence-corrected chi connectivity index (χ3v) is 4.83. The van der Waals surface area contributed by atoms with E-state index in [0.29, 0.717) is 49.8 Å². The monoisotopic (exact) mass is 377 g/mol. The van der Waals surface area contributed by atoms with Gasteiger partial charge in [-0.1, -0.05) is 0 Å². The van der Waals surface area contributed by atoms with Gasteiger partial charge in [0.25, 0.3) is 0 Å². The van der Waals surface area contributed by atoms with E-state index in [4.69, 9.17) is 0 Å². The van der Waals surface area contributed by atoms with Crippen LogP contribution < -0.4 is 0 Å².